The summed E-state index contributed by atoms with van der Waals surface area (Å²) in [5.74, 6) is -1.76. The third-order valence-corrected chi connectivity index (χ3v) is 12.7. The first kappa shape index (κ1) is 26.9. The Morgan fingerprint density at radius 1 is 1.15 bits per heavy atom. The monoisotopic (exact) mass is 522 g/mol. The fourth-order valence-corrected chi connectivity index (χ4v) is 6.78. The Hall–Kier alpha value is -0.143. The number of hydrogen-bond donors (Lipinski definition) is 1. The summed E-state index contributed by atoms with van der Waals surface area (Å²) in [7, 11) is -0.692. The van der Waals surface area contributed by atoms with Crippen molar-refractivity contribution in [1.29, 1.82) is 0 Å². The quantitative estimate of drug-likeness (QED) is 0.292. The SMILES string of the molecule is COCO[C@H]1[C@@H](Cl)[C@@H]2O[C@H]1[C@@H]([C@@H](O)C[C@H]1O[C@@H]3OC(C)(C)O[C@@H]3[C@H]1O[Si](C)(C)C(C)(C)C)C2=O. The first-order chi connectivity index (χ1) is 15.7. The van der Waals surface area contributed by atoms with Crippen molar-refractivity contribution < 1.29 is 42.7 Å². The van der Waals surface area contributed by atoms with E-state index in [4.69, 9.17) is 44.4 Å². The summed E-state index contributed by atoms with van der Waals surface area (Å²) in [6.45, 7) is 14.5. The molecule has 11 heteroatoms. The van der Waals surface area contributed by atoms with Gasteiger partial charge in [0.05, 0.1) is 29.6 Å². The lowest BCUT2D eigenvalue weighted by molar-refractivity contribution is -0.217. The summed E-state index contributed by atoms with van der Waals surface area (Å²) in [5, 5.41) is 10.6. The van der Waals surface area contributed by atoms with Crippen LogP contribution in [0.1, 0.15) is 41.0 Å². The third-order valence-electron chi connectivity index (χ3n) is 7.78. The second-order valence-corrected chi connectivity index (χ2v) is 17.0. The van der Waals surface area contributed by atoms with Gasteiger partial charge < -0.3 is 38.0 Å². The second-order valence-electron chi connectivity index (χ2n) is 11.7. The van der Waals surface area contributed by atoms with Crippen LogP contribution in [0.25, 0.3) is 0 Å². The van der Waals surface area contributed by atoms with Gasteiger partial charge in [-0.1, -0.05) is 20.8 Å². The van der Waals surface area contributed by atoms with Gasteiger partial charge in [0.25, 0.3) is 0 Å². The second kappa shape index (κ2) is 9.31. The molecule has 0 amide bonds. The smallest absolute Gasteiger partial charge is 0.192 e. The van der Waals surface area contributed by atoms with Crippen molar-refractivity contribution in [3.63, 3.8) is 0 Å². The van der Waals surface area contributed by atoms with Crippen LogP contribution in [0.4, 0.5) is 0 Å². The summed E-state index contributed by atoms with van der Waals surface area (Å²) in [5.41, 5.74) is 0. The molecule has 2 bridgehead atoms. The molecule has 4 rings (SSSR count). The van der Waals surface area contributed by atoms with Gasteiger partial charge in [-0.05, 0) is 32.0 Å². The number of ketones is 1. The molecule has 4 aliphatic heterocycles. The van der Waals surface area contributed by atoms with Crippen molar-refractivity contribution >= 4 is 25.7 Å². The molecular formula is C23H39ClO9Si. The molecule has 34 heavy (non-hydrogen) atoms. The lowest BCUT2D eigenvalue weighted by Crippen LogP contribution is -2.52. The predicted molar refractivity (Wildman–Crippen MR) is 125 cm³/mol. The number of carbonyl (C=O) groups is 1. The van der Waals surface area contributed by atoms with Crippen LogP contribution >= 0.6 is 11.6 Å². The number of halogens is 1. The van der Waals surface area contributed by atoms with E-state index in [-0.39, 0.29) is 24.0 Å². The molecule has 0 spiro atoms. The number of hydrogen-bond acceptors (Lipinski definition) is 9. The highest BCUT2D eigenvalue weighted by Crippen LogP contribution is 2.47. The van der Waals surface area contributed by atoms with Gasteiger partial charge >= 0.3 is 0 Å². The van der Waals surface area contributed by atoms with Gasteiger partial charge in [0, 0.05) is 13.5 Å². The topological polar surface area (TPSA) is 102 Å². The largest absolute Gasteiger partial charge is 0.408 e. The van der Waals surface area contributed by atoms with Crippen LogP contribution in [0.3, 0.4) is 0 Å². The lowest BCUT2D eigenvalue weighted by Gasteiger charge is -2.41. The maximum absolute atomic E-state index is 13.0. The van der Waals surface area contributed by atoms with Crippen LogP contribution in [0, 0.1) is 5.92 Å². The standard InChI is InChI=1S/C23H39ClO9Si/c1-22(2,3)34(7,8)33-16-12(29-21-20(16)31-23(4,5)32-21)9-11(25)13-15(26)18-14(24)19(17(13)30-18)28-10-27-6/h11-14,16-21,25H,9-10H2,1-8H3/t11-,12+,13-,14-,16-,17-,18-,19-,20+,21+/m0/s1. The Bertz CT molecular complexity index is 772. The molecule has 0 aromatic heterocycles. The zero-order valence-electron chi connectivity index (χ0n) is 21.3. The summed E-state index contributed by atoms with van der Waals surface area (Å²) >= 11 is 6.39. The number of fused-ring (bicyclic) bond motifs is 3. The van der Waals surface area contributed by atoms with E-state index in [9.17, 15) is 9.90 Å². The molecule has 0 radical (unpaired) electrons. The van der Waals surface area contributed by atoms with Gasteiger partial charge in [0.15, 0.2) is 26.2 Å². The van der Waals surface area contributed by atoms with E-state index in [1.165, 1.54) is 7.11 Å². The van der Waals surface area contributed by atoms with Gasteiger partial charge in [-0.15, -0.1) is 11.6 Å². The number of methoxy groups -OCH3 is 1. The maximum Gasteiger partial charge on any atom is 0.192 e. The van der Waals surface area contributed by atoms with E-state index >= 15 is 0 Å². The average molecular weight is 523 g/mol. The molecule has 0 saturated carbocycles. The summed E-state index contributed by atoms with van der Waals surface area (Å²) in [4.78, 5) is 13.0. The Morgan fingerprint density at radius 2 is 1.82 bits per heavy atom. The van der Waals surface area contributed by atoms with Crippen molar-refractivity contribution in [3.05, 3.63) is 0 Å². The molecule has 0 aromatic carbocycles. The van der Waals surface area contributed by atoms with Crippen LogP contribution in [-0.2, 0) is 37.6 Å². The minimum atomic E-state index is -2.20. The van der Waals surface area contributed by atoms with Crippen LogP contribution in [0.15, 0.2) is 0 Å². The van der Waals surface area contributed by atoms with Gasteiger partial charge in [-0.3, -0.25) is 4.79 Å². The number of ether oxygens (including phenoxy) is 6. The van der Waals surface area contributed by atoms with E-state index in [2.05, 4.69) is 33.9 Å². The zero-order valence-corrected chi connectivity index (χ0v) is 23.0. The van der Waals surface area contributed by atoms with Crippen molar-refractivity contribution in [2.24, 2.45) is 5.92 Å². The number of Topliss-reactive ketones (excluding diaryl/α,β-unsaturated/α-hetero) is 1. The molecule has 4 heterocycles. The Morgan fingerprint density at radius 3 is 2.41 bits per heavy atom. The minimum absolute atomic E-state index is 0.0272. The zero-order chi connectivity index (χ0) is 25.2. The third kappa shape index (κ3) is 4.76. The van der Waals surface area contributed by atoms with Crippen LogP contribution in [0.2, 0.25) is 18.1 Å². The Balaban J connectivity index is 1.51. The molecule has 1 N–H and O–H groups in total. The van der Waals surface area contributed by atoms with Crippen LogP contribution < -0.4 is 0 Å². The van der Waals surface area contributed by atoms with Crippen molar-refractivity contribution in [2.75, 3.05) is 13.9 Å². The first-order valence-corrected chi connectivity index (χ1v) is 15.3. The molecule has 10 atom stereocenters. The van der Waals surface area contributed by atoms with Crippen molar-refractivity contribution in [2.45, 2.75) is 119 Å². The molecule has 4 aliphatic rings. The average Bonchev–Trinajstić information content (AvgIpc) is 3.37. The normalized spacial score (nSPS) is 42.4. The van der Waals surface area contributed by atoms with Gasteiger partial charge in [0.2, 0.25) is 0 Å². The Labute approximate surface area is 207 Å². The van der Waals surface area contributed by atoms with Crippen molar-refractivity contribution in [1.82, 2.24) is 0 Å². The number of aliphatic hydroxyl groups excluding tert-OH is 1. The number of aliphatic hydroxyl groups is 1. The van der Waals surface area contributed by atoms with E-state index in [1.54, 1.807) is 0 Å². The predicted octanol–water partition coefficient (Wildman–Crippen LogP) is 2.57. The molecule has 4 fully saturated rings. The molecule has 0 aromatic rings. The highest BCUT2D eigenvalue weighted by Gasteiger charge is 2.63. The fraction of sp³-hybridized carbons (Fsp3) is 0.957. The van der Waals surface area contributed by atoms with E-state index in [0.717, 1.165) is 0 Å². The van der Waals surface area contributed by atoms with Gasteiger partial charge in [0.1, 0.15) is 31.2 Å². The highest BCUT2D eigenvalue weighted by molar-refractivity contribution is 6.74. The number of carbonyl (C=O) groups excluding carboxylic acids is 1. The van der Waals surface area contributed by atoms with Gasteiger partial charge in [-0.25, -0.2) is 0 Å². The Kier molecular flexibility index (Phi) is 7.37. The molecule has 0 aliphatic carbocycles. The molecular weight excluding hydrogens is 484 g/mol. The van der Waals surface area contributed by atoms with Crippen LogP contribution in [0.5, 0.6) is 0 Å². The minimum Gasteiger partial charge on any atom is -0.408 e. The summed E-state index contributed by atoms with van der Waals surface area (Å²) in [6, 6.07) is 0. The number of rotatable bonds is 8. The molecule has 196 valence electrons. The summed E-state index contributed by atoms with van der Waals surface area (Å²) in [6.07, 6.45) is -4.79. The highest BCUT2D eigenvalue weighted by atomic mass is 35.5. The summed E-state index contributed by atoms with van der Waals surface area (Å²) < 4.78 is 41.5. The van der Waals surface area contributed by atoms with Crippen molar-refractivity contribution in [3.8, 4) is 0 Å². The molecule has 0 unspecified atom stereocenters. The lowest BCUT2D eigenvalue weighted by atomic mass is 9.80. The van der Waals surface area contributed by atoms with Crippen LogP contribution in [-0.4, -0.2) is 93.3 Å². The number of alkyl halides is 1. The van der Waals surface area contributed by atoms with E-state index in [1.807, 2.05) is 13.8 Å². The van der Waals surface area contributed by atoms with E-state index in [0.29, 0.717) is 0 Å². The first-order valence-electron chi connectivity index (χ1n) is 12.0. The maximum atomic E-state index is 13.0. The fourth-order valence-electron chi connectivity index (χ4n) is 5.06. The van der Waals surface area contributed by atoms with Gasteiger partial charge in [-0.2, -0.15) is 0 Å². The molecule has 9 nitrogen and oxygen atoms in total. The molecule has 4 saturated heterocycles. The van der Waals surface area contributed by atoms with E-state index < -0.39 is 74.4 Å².